The van der Waals surface area contributed by atoms with Gasteiger partial charge in [0.1, 0.15) is 11.6 Å². The van der Waals surface area contributed by atoms with Gasteiger partial charge in [0.2, 0.25) is 10.2 Å². The van der Waals surface area contributed by atoms with Crippen molar-refractivity contribution in [2.24, 2.45) is 0 Å². The van der Waals surface area contributed by atoms with Crippen molar-refractivity contribution in [2.45, 2.75) is 9.79 Å². The van der Waals surface area contributed by atoms with Crippen LogP contribution in [-0.4, -0.2) is 10.2 Å². The van der Waals surface area contributed by atoms with Gasteiger partial charge in [-0.3, -0.25) is 9.59 Å². The third-order valence-corrected chi connectivity index (χ3v) is 4.66. The highest BCUT2D eigenvalue weighted by molar-refractivity contribution is 8.14. The molecule has 122 valence electrons. The molecule has 0 heterocycles. The second-order valence-electron chi connectivity index (χ2n) is 4.53. The lowest BCUT2D eigenvalue weighted by molar-refractivity contribution is -0.107. The van der Waals surface area contributed by atoms with Crippen molar-refractivity contribution >= 4 is 33.8 Å². The van der Waals surface area contributed by atoms with Crippen LogP contribution in [0.4, 0.5) is 8.78 Å². The van der Waals surface area contributed by atoms with Crippen LogP contribution in [0.2, 0.25) is 0 Å². The van der Waals surface area contributed by atoms with Crippen LogP contribution in [-0.2, 0) is 9.59 Å². The van der Waals surface area contributed by atoms with Crippen LogP contribution in [0.25, 0.3) is 11.1 Å². The maximum Gasteiger partial charge on any atom is 0.216 e. The van der Waals surface area contributed by atoms with Gasteiger partial charge in [-0.05, 0) is 59.9 Å². The molecule has 0 saturated heterocycles. The van der Waals surface area contributed by atoms with Crippen molar-refractivity contribution in [1.82, 2.24) is 0 Å². The summed E-state index contributed by atoms with van der Waals surface area (Å²) >= 11 is 1.67. The van der Waals surface area contributed by atoms with E-state index in [1.54, 1.807) is 0 Å². The zero-order valence-electron chi connectivity index (χ0n) is 12.4. The van der Waals surface area contributed by atoms with E-state index in [0.717, 1.165) is 35.7 Å². The zero-order chi connectivity index (χ0) is 17.7. The Morgan fingerprint density at radius 3 is 1.46 bits per heavy atom. The molecular weight excluding hydrogens is 350 g/mol. The molecule has 0 aliphatic carbocycles. The van der Waals surface area contributed by atoms with Crippen LogP contribution in [0.5, 0.6) is 0 Å². The number of benzene rings is 2. The quantitative estimate of drug-likeness (QED) is 0.538. The van der Waals surface area contributed by atoms with Crippen molar-refractivity contribution < 1.29 is 18.4 Å². The summed E-state index contributed by atoms with van der Waals surface area (Å²) in [7, 11) is 0. The smallest absolute Gasteiger partial charge is 0.216 e. The first-order valence-electron chi connectivity index (χ1n) is 6.72. The van der Waals surface area contributed by atoms with Gasteiger partial charge in [0, 0.05) is 20.9 Å². The molecule has 2 aromatic rings. The van der Waals surface area contributed by atoms with Crippen LogP contribution >= 0.6 is 23.5 Å². The Kier molecular flexibility index (Phi) is 6.11. The predicted octanol–water partition coefficient (Wildman–Crippen LogP) is 5.24. The fraction of sp³-hybridized carbons (Fsp3) is 0. The van der Waals surface area contributed by atoms with Gasteiger partial charge in [0.25, 0.3) is 0 Å². The number of carbonyl (C=O) groups excluding carboxylic acids is 2. The highest BCUT2D eigenvalue weighted by atomic mass is 32.2. The van der Waals surface area contributed by atoms with E-state index in [1.807, 2.05) is 0 Å². The summed E-state index contributed by atoms with van der Waals surface area (Å²) in [4.78, 5) is 23.4. The molecule has 0 amide bonds. The number of hydrogen-bond acceptors (Lipinski definition) is 4. The lowest BCUT2D eigenvalue weighted by Gasteiger charge is -2.08. The number of carbonyl (C=O) groups is 2. The van der Waals surface area contributed by atoms with E-state index in [9.17, 15) is 18.4 Å². The lowest BCUT2D eigenvalue weighted by Crippen LogP contribution is -1.92. The Hall–Kier alpha value is -2.18. The van der Waals surface area contributed by atoms with Gasteiger partial charge in [-0.1, -0.05) is 25.3 Å². The molecule has 24 heavy (non-hydrogen) atoms. The van der Waals surface area contributed by atoms with E-state index in [4.69, 9.17) is 0 Å². The van der Waals surface area contributed by atoms with Crippen molar-refractivity contribution in [3.05, 3.63) is 73.3 Å². The van der Waals surface area contributed by atoms with Crippen LogP contribution in [0, 0.1) is 11.6 Å². The average molecular weight is 362 g/mol. The molecular formula is C18H12F2O2S2. The maximum atomic E-state index is 14.2. The van der Waals surface area contributed by atoms with E-state index >= 15 is 0 Å². The van der Waals surface area contributed by atoms with Crippen LogP contribution < -0.4 is 0 Å². The molecule has 0 aliphatic heterocycles. The summed E-state index contributed by atoms with van der Waals surface area (Å²) in [5.41, 5.74) is 0.156. The highest BCUT2D eigenvalue weighted by Crippen LogP contribution is 2.32. The standard InChI is InChI=1S/C18H12F2O2S2/c1-3-17(21)23-11-5-7-13(15(19)9-11)14-8-6-12(10-16(14)20)24-18(22)4-2/h3-10H,1-2H2. The fourth-order valence-corrected chi connectivity index (χ4v) is 3.10. The molecule has 0 spiro atoms. The molecule has 0 radical (unpaired) electrons. The minimum absolute atomic E-state index is 0.0782. The van der Waals surface area contributed by atoms with Gasteiger partial charge >= 0.3 is 0 Å². The molecule has 2 nitrogen and oxygen atoms in total. The molecule has 0 aliphatic rings. The van der Waals surface area contributed by atoms with Crippen molar-refractivity contribution in [1.29, 1.82) is 0 Å². The number of thioether (sulfide) groups is 2. The topological polar surface area (TPSA) is 34.1 Å². The second-order valence-corrected chi connectivity index (χ2v) is 6.69. The minimum atomic E-state index is -0.640. The third-order valence-electron chi connectivity index (χ3n) is 2.94. The van der Waals surface area contributed by atoms with E-state index in [1.165, 1.54) is 36.4 Å². The lowest BCUT2D eigenvalue weighted by atomic mass is 10.0. The van der Waals surface area contributed by atoms with Crippen molar-refractivity contribution in [3.63, 3.8) is 0 Å². The van der Waals surface area contributed by atoms with E-state index in [0.29, 0.717) is 9.79 Å². The Labute approximate surface area is 146 Å². The van der Waals surface area contributed by atoms with E-state index in [2.05, 4.69) is 13.2 Å². The second kappa shape index (κ2) is 8.08. The normalized spacial score (nSPS) is 10.2. The van der Waals surface area contributed by atoms with Gasteiger partial charge in [-0.15, -0.1) is 0 Å². The molecule has 2 rings (SSSR count). The highest BCUT2D eigenvalue weighted by Gasteiger charge is 2.13. The number of halogens is 2. The number of rotatable bonds is 5. The summed E-state index contributed by atoms with van der Waals surface area (Å²) in [6.07, 6.45) is 2.27. The SMILES string of the molecule is C=CC(=O)Sc1ccc(-c2ccc(SC(=O)C=C)cc2F)c(F)c1. The largest absolute Gasteiger partial charge is 0.282 e. The molecule has 0 N–H and O–H groups in total. The average Bonchev–Trinajstić information content (AvgIpc) is 2.55. The Balaban J connectivity index is 2.31. The van der Waals surface area contributed by atoms with Crippen molar-refractivity contribution in [2.75, 3.05) is 0 Å². The maximum absolute atomic E-state index is 14.2. The summed E-state index contributed by atoms with van der Waals surface area (Å²) in [6.45, 7) is 6.69. The fourth-order valence-electron chi connectivity index (χ4n) is 1.87. The van der Waals surface area contributed by atoms with Gasteiger partial charge < -0.3 is 0 Å². The van der Waals surface area contributed by atoms with E-state index < -0.39 is 11.6 Å². The molecule has 6 heteroatoms. The van der Waals surface area contributed by atoms with Gasteiger partial charge in [0.15, 0.2) is 0 Å². The molecule has 0 bridgehead atoms. The van der Waals surface area contributed by atoms with Gasteiger partial charge in [0.05, 0.1) is 0 Å². The van der Waals surface area contributed by atoms with Gasteiger partial charge in [-0.2, -0.15) is 0 Å². The van der Waals surface area contributed by atoms with Crippen molar-refractivity contribution in [3.8, 4) is 11.1 Å². The van der Waals surface area contributed by atoms with Gasteiger partial charge in [-0.25, -0.2) is 8.78 Å². The Morgan fingerprint density at radius 2 is 1.17 bits per heavy atom. The molecule has 0 unspecified atom stereocenters. The first kappa shape index (κ1) is 18.2. The third kappa shape index (κ3) is 4.43. The Morgan fingerprint density at radius 1 is 0.792 bits per heavy atom. The first-order chi connectivity index (χ1) is 11.4. The molecule has 0 fully saturated rings. The summed E-state index contributed by atoms with van der Waals surface area (Å²) in [5.74, 6) is -1.28. The van der Waals surface area contributed by atoms with Crippen LogP contribution in [0.1, 0.15) is 0 Å². The number of hydrogen-bond donors (Lipinski definition) is 0. The molecule has 0 saturated carbocycles. The van der Waals surface area contributed by atoms with Crippen LogP contribution in [0.15, 0.2) is 71.5 Å². The molecule has 0 aromatic heterocycles. The first-order valence-corrected chi connectivity index (χ1v) is 8.36. The van der Waals surface area contributed by atoms with Crippen LogP contribution in [0.3, 0.4) is 0 Å². The Bertz CT molecular complexity index is 762. The minimum Gasteiger partial charge on any atom is -0.282 e. The summed E-state index contributed by atoms with van der Waals surface area (Å²) in [6, 6.07) is 8.24. The molecule has 2 aromatic carbocycles. The van der Waals surface area contributed by atoms with E-state index in [-0.39, 0.29) is 21.4 Å². The summed E-state index contributed by atoms with van der Waals surface area (Å²) < 4.78 is 28.5. The molecule has 0 atom stereocenters. The monoisotopic (exact) mass is 362 g/mol. The summed E-state index contributed by atoms with van der Waals surface area (Å²) in [5, 5.41) is -0.608. The predicted molar refractivity (Wildman–Crippen MR) is 93.9 cm³/mol. The zero-order valence-corrected chi connectivity index (χ0v) is 14.1.